The van der Waals surface area contributed by atoms with Crippen LogP contribution in [0.15, 0.2) is 28.7 Å². The van der Waals surface area contributed by atoms with Gasteiger partial charge in [-0.05, 0) is 18.6 Å². The van der Waals surface area contributed by atoms with Gasteiger partial charge in [-0.2, -0.15) is 0 Å². The summed E-state index contributed by atoms with van der Waals surface area (Å²) >= 11 is 3.58. The summed E-state index contributed by atoms with van der Waals surface area (Å²) in [6.07, 6.45) is 1.41. The number of hydrogen-bond donors (Lipinski definition) is 0. The molecule has 86 valence electrons. The number of halogens is 1. The number of nitrogens with zero attached hydrogens (tertiary/aromatic N) is 1. The van der Waals surface area contributed by atoms with E-state index in [1.54, 1.807) is 0 Å². The molecule has 2 rings (SSSR count). The highest BCUT2D eigenvalue weighted by Crippen LogP contribution is 2.28. The maximum Gasteiger partial charge on any atom is 0.135 e. The van der Waals surface area contributed by atoms with Crippen LogP contribution in [0.3, 0.4) is 0 Å². The van der Waals surface area contributed by atoms with Crippen LogP contribution in [0.5, 0.6) is 0 Å². The van der Waals surface area contributed by atoms with Gasteiger partial charge in [-0.15, -0.1) is 0 Å². The van der Waals surface area contributed by atoms with E-state index >= 15 is 0 Å². The quantitative estimate of drug-likeness (QED) is 0.830. The van der Waals surface area contributed by atoms with Gasteiger partial charge in [0.15, 0.2) is 0 Å². The van der Waals surface area contributed by atoms with E-state index in [-0.39, 0.29) is 0 Å². The number of carbonyl (C=O) groups excluding carboxylic acids is 1. The zero-order valence-electron chi connectivity index (χ0n) is 9.45. The van der Waals surface area contributed by atoms with Gasteiger partial charge in [-0.1, -0.05) is 34.1 Å². The van der Waals surface area contributed by atoms with Crippen molar-refractivity contribution in [1.82, 2.24) is 4.90 Å². The molecule has 0 aliphatic carbocycles. The van der Waals surface area contributed by atoms with Crippen molar-refractivity contribution in [2.75, 3.05) is 13.1 Å². The first-order valence-electron chi connectivity index (χ1n) is 5.68. The topological polar surface area (TPSA) is 20.3 Å². The SMILES string of the molecule is CC(c1ccccc1Br)N1CCC(=O)CC1. The lowest BCUT2D eigenvalue weighted by Crippen LogP contribution is -2.35. The first-order chi connectivity index (χ1) is 7.68. The Morgan fingerprint density at radius 2 is 1.88 bits per heavy atom. The summed E-state index contributed by atoms with van der Waals surface area (Å²) in [7, 11) is 0. The molecule has 0 N–H and O–H groups in total. The Morgan fingerprint density at radius 3 is 2.50 bits per heavy atom. The van der Waals surface area contributed by atoms with Crippen molar-refractivity contribution < 1.29 is 4.79 Å². The standard InChI is InChI=1S/C13H16BrNO/c1-10(12-4-2-3-5-13(12)14)15-8-6-11(16)7-9-15/h2-5,10H,6-9H2,1H3. The molecule has 1 aliphatic rings. The minimum Gasteiger partial charge on any atom is -0.300 e. The minimum atomic E-state index is 0.378. The number of rotatable bonds is 2. The molecule has 1 aromatic carbocycles. The summed E-state index contributed by atoms with van der Waals surface area (Å²) in [4.78, 5) is 13.6. The van der Waals surface area contributed by atoms with E-state index in [9.17, 15) is 4.79 Å². The lowest BCUT2D eigenvalue weighted by molar-refractivity contribution is -0.121. The molecule has 1 unspecified atom stereocenters. The fourth-order valence-electron chi connectivity index (χ4n) is 2.17. The van der Waals surface area contributed by atoms with Gasteiger partial charge in [0.25, 0.3) is 0 Å². The van der Waals surface area contributed by atoms with Gasteiger partial charge in [-0.25, -0.2) is 0 Å². The van der Waals surface area contributed by atoms with Crippen molar-refractivity contribution in [3.05, 3.63) is 34.3 Å². The summed E-state index contributed by atoms with van der Waals surface area (Å²) < 4.78 is 1.15. The van der Waals surface area contributed by atoms with Crippen LogP contribution in [0.1, 0.15) is 31.4 Å². The van der Waals surface area contributed by atoms with Crippen molar-refractivity contribution in [2.24, 2.45) is 0 Å². The predicted molar refractivity (Wildman–Crippen MR) is 68.4 cm³/mol. The minimum absolute atomic E-state index is 0.378. The van der Waals surface area contributed by atoms with Crippen LogP contribution in [-0.2, 0) is 4.79 Å². The van der Waals surface area contributed by atoms with Crippen molar-refractivity contribution in [3.8, 4) is 0 Å². The fraction of sp³-hybridized carbons (Fsp3) is 0.462. The second kappa shape index (κ2) is 5.11. The normalized spacial score (nSPS) is 19.8. The van der Waals surface area contributed by atoms with Crippen LogP contribution in [0.25, 0.3) is 0 Å². The second-order valence-corrected chi connectivity index (χ2v) is 5.13. The van der Waals surface area contributed by atoms with Gasteiger partial charge in [0.05, 0.1) is 0 Å². The van der Waals surface area contributed by atoms with Crippen molar-refractivity contribution in [1.29, 1.82) is 0 Å². The molecule has 0 saturated carbocycles. The van der Waals surface area contributed by atoms with Gasteiger partial charge < -0.3 is 0 Å². The third kappa shape index (κ3) is 2.53. The molecule has 0 radical (unpaired) electrons. The van der Waals surface area contributed by atoms with Gasteiger partial charge in [0.2, 0.25) is 0 Å². The Hall–Kier alpha value is -0.670. The maximum atomic E-state index is 11.2. The molecular weight excluding hydrogens is 266 g/mol. The number of likely N-dealkylation sites (tertiary alicyclic amines) is 1. The van der Waals surface area contributed by atoms with Crippen LogP contribution in [0.2, 0.25) is 0 Å². The van der Waals surface area contributed by atoms with E-state index in [1.807, 2.05) is 6.07 Å². The van der Waals surface area contributed by atoms with E-state index in [0.29, 0.717) is 24.7 Å². The molecule has 2 nitrogen and oxygen atoms in total. The summed E-state index contributed by atoms with van der Waals surface area (Å²) in [6.45, 7) is 3.98. The van der Waals surface area contributed by atoms with Crippen LogP contribution < -0.4 is 0 Å². The van der Waals surface area contributed by atoms with Crippen LogP contribution >= 0.6 is 15.9 Å². The maximum absolute atomic E-state index is 11.2. The number of ketones is 1. The molecule has 0 spiro atoms. The molecule has 1 aliphatic heterocycles. The first-order valence-corrected chi connectivity index (χ1v) is 6.48. The van der Waals surface area contributed by atoms with Gasteiger partial charge in [0, 0.05) is 36.4 Å². The highest BCUT2D eigenvalue weighted by molar-refractivity contribution is 9.10. The van der Waals surface area contributed by atoms with E-state index in [1.165, 1.54) is 5.56 Å². The summed E-state index contributed by atoms with van der Waals surface area (Å²) in [5.41, 5.74) is 1.30. The third-order valence-corrected chi connectivity index (χ3v) is 3.98. The van der Waals surface area contributed by atoms with E-state index in [4.69, 9.17) is 0 Å². The lowest BCUT2D eigenvalue weighted by atomic mass is 10.0. The van der Waals surface area contributed by atoms with E-state index in [2.05, 4.69) is 46.0 Å². The Bertz CT molecular complexity index is 381. The van der Waals surface area contributed by atoms with Crippen molar-refractivity contribution in [2.45, 2.75) is 25.8 Å². The number of carbonyl (C=O) groups is 1. The zero-order valence-corrected chi connectivity index (χ0v) is 11.0. The average Bonchev–Trinajstić information content (AvgIpc) is 2.30. The number of piperidine rings is 1. The van der Waals surface area contributed by atoms with Crippen LogP contribution in [0.4, 0.5) is 0 Å². The largest absolute Gasteiger partial charge is 0.300 e. The second-order valence-electron chi connectivity index (χ2n) is 4.27. The van der Waals surface area contributed by atoms with Crippen LogP contribution in [0, 0.1) is 0 Å². The van der Waals surface area contributed by atoms with Gasteiger partial charge in [0.1, 0.15) is 5.78 Å². The van der Waals surface area contributed by atoms with E-state index < -0.39 is 0 Å². The smallest absolute Gasteiger partial charge is 0.135 e. The molecule has 3 heteroatoms. The predicted octanol–water partition coefficient (Wildman–Crippen LogP) is 3.18. The van der Waals surface area contributed by atoms with Crippen LogP contribution in [-0.4, -0.2) is 23.8 Å². The molecule has 0 bridgehead atoms. The highest BCUT2D eigenvalue weighted by Gasteiger charge is 2.22. The molecule has 0 amide bonds. The summed E-state index contributed by atoms with van der Waals surface area (Å²) in [5, 5.41) is 0. The fourth-order valence-corrected chi connectivity index (χ4v) is 2.79. The van der Waals surface area contributed by atoms with Gasteiger partial charge in [-0.3, -0.25) is 9.69 Å². The molecule has 1 heterocycles. The summed E-state index contributed by atoms with van der Waals surface area (Å²) in [5.74, 6) is 0.399. The monoisotopic (exact) mass is 281 g/mol. The highest BCUT2D eigenvalue weighted by atomic mass is 79.9. The number of Topliss-reactive ketones (excluding diaryl/α,β-unsaturated/α-hetero) is 1. The Kier molecular flexibility index (Phi) is 3.77. The Balaban J connectivity index is 2.10. The van der Waals surface area contributed by atoms with Crippen molar-refractivity contribution in [3.63, 3.8) is 0 Å². The zero-order chi connectivity index (χ0) is 11.5. The number of benzene rings is 1. The average molecular weight is 282 g/mol. The Labute approximate surface area is 105 Å². The molecule has 16 heavy (non-hydrogen) atoms. The first kappa shape index (κ1) is 11.8. The number of hydrogen-bond acceptors (Lipinski definition) is 2. The third-order valence-electron chi connectivity index (χ3n) is 3.26. The molecule has 1 fully saturated rings. The lowest BCUT2D eigenvalue weighted by Gasteiger charge is -2.32. The summed E-state index contributed by atoms with van der Waals surface area (Å²) in [6, 6.07) is 8.68. The molecule has 1 saturated heterocycles. The van der Waals surface area contributed by atoms with Gasteiger partial charge >= 0.3 is 0 Å². The molecular formula is C13H16BrNO. The molecule has 0 aromatic heterocycles. The molecule has 1 atom stereocenters. The van der Waals surface area contributed by atoms with Crippen molar-refractivity contribution >= 4 is 21.7 Å². The molecule has 1 aromatic rings. The van der Waals surface area contributed by atoms with E-state index in [0.717, 1.165) is 17.6 Å². The Morgan fingerprint density at radius 1 is 1.25 bits per heavy atom.